The Morgan fingerprint density at radius 2 is 2.29 bits per heavy atom. The van der Waals surface area contributed by atoms with Gasteiger partial charge in [-0.1, -0.05) is 41.1 Å². The first-order valence-electron chi connectivity index (χ1n) is 4.44. The molecular weight excluding hydrogens is 266 g/mol. The quantitative estimate of drug-likeness (QED) is 0.859. The Morgan fingerprint density at radius 3 is 2.79 bits per heavy atom. The molecule has 1 aromatic heterocycles. The van der Waals surface area contributed by atoms with Crippen LogP contribution in [0.4, 0.5) is 5.13 Å². The molecule has 1 heterocycles. The summed E-state index contributed by atoms with van der Waals surface area (Å²) >= 11 is 4.68. The van der Waals surface area contributed by atoms with Crippen LogP contribution in [0.2, 0.25) is 0 Å². The van der Waals surface area contributed by atoms with E-state index in [-0.39, 0.29) is 10.7 Å². The highest BCUT2D eigenvalue weighted by Gasteiger charge is 2.14. The van der Waals surface area contributed by atoms with Gasteiger partial charge in [-0.05, 0) is 12.8 Å². The van der Waals surface area contributed by atoms with Crippen LogP contribution in [-0.4, -0.2) is 20.9 Å². The molecule has 1 amide bonds. The van der Waals surface area contributed by atoms with Crippen LogP contribution >= 0.6 is 27.3 Å². The van der Waals surface area contributed by atoms with Crippen molar-refractivity contribution < 1.29 is 4.79 Å². The van der Waals surface area contributed by atoms with Crippen molar-refractivity contribution in [1.29, 1.82) is 0 Å². The summed E-state index contributed by atoms with van der Waals surface area (Å²) in [6.07, 6.45) is 1.60. The number of anilines is 1. The van der Waals surface area contributed by atoms with Gasteiger partial charge in [0.05, 0.1) is 4.83 Å². The van der Waals surface area contributed by atoms with Crippen molar-refractivity contribution in [2.24, 2.45) is 0 Å². The smallest absolute Gasteiger partial charge is 0.239 e. The van der Waals surface area contributed by atoms with Gasteiger partial charge in [0.1, 0.15) is 5.01 Å². The number of amides is 1. The lowest BCUT2D eigenvalue weighted by Gasteiger charge is -2.04. The minimum Gasteiger partial charge on any atom is -0.300 e. The number of rotatable bonds is 4. The Kier molecular flexibility index (Phi) is 4.47. The zero-order chi connectivity index (χ0) is 10.6. The molecular formula is C8H12BrN3OS. The van der Waals surface area contributed by atoms with Gasteiger partial charge < -0.3 is 0 Å². The number of carbonyl (C=O) groups is 1. The van der Waals surface area contributed by atoms with E-state index in [9.17, 15) is 4.79 Å². The van der Waals surface area contributed by atoms with E-state index in [0.717, 1.165) is 17.8 Å². The summed E-state index contributed by atoms with van der Waals surface area (Å²) in [5.74, 6) is -0.0636. The SMILES string of the molecule is CCc1nnc(NC(=O)[C@@H](Br)CC)s1. The van der Waals surface area contributed by atoms with Crippen molar-refractivity contribution in [2.45, 2.75) is 31.5 Å². The molecule has 1 N–H and O–H groups in total. The van der Waals surface area contributed by atoms with Crippen LogP contribution in [0, 0.1) is 0 Å². The Labute approximate surface area is 95.2 Å². The first kappa shape index (κ1) is 11.6. The normalized spacial score (nSPS) is 12.5. The van der Waals surface area contributed by atoms with Crippen LogP contribution in [0.5, 0.6) is 0 Å². The molecule has 0 aliphatic heterocycles. The van der Waals surface area contributed by atoms with E-state index in [1.807, 2.05) is 13.8 Å². The van der Waals surface area contributed by atoms with E-state index >= 15 is 0 Å². The Hall–Kier alpha value is -0.490. The van der Waals surface area contributed by atoms with Gasteiger partial charge in [0.2, 0.25) is 11.0 Å². The number of nitrogens with zero attached hydrogens (tertiary/aromatic N) is 2. The van der Waals surface area contributed by atoms with Crippen molar-refractivity contribution in [3.63, 3.8) is 0 Å². The summed E-state index contributed by atoms with van der Waals surface area (Å²) in [4.78, 5) is 11.3. The van der Waals surface area contributed by atoms with Crippen molar-refractivity contribution in [2.75, 3.05) is 5.32 Å². The lowest BCUT2D eigenvalue weighted by molar-refractivity contribution is -0.115. The first-order chi connectivity index (χ1) is 6.67. The van der Waals surface area contributed by atoms with E-state index in [2.05, 4.69) is 31.4 Å². The monoisotopic (exact) mass is 277 g/mol. The Balaban J connectivity index is 2.56. The van der Waals surface area contributed by atoms with E-state index in [1.54, 1.807) is 0 Å². The van der Waals surface area contributed by atoms with Crippen molar-refractivity contribution >= 4 is 38.3 Å². The van der Waals surface area contributed by atoms with Gasteiger partial charge in [0.25, 0.3) is 0 Å². The second-order valence-corrected chi connectivity index (χ2v) is 4.89. The molecule has 4 nitrogen and oxygen atoms in total. The third kappa shape index (κ3) is 3.02. The zero-order valence-corrected chi connectivity index (χ0v) is 10.5. The van der Waals surface area contributed by atoms with E-state index < -0.39 is 0 Å². The minimum atomic E-state index is -0.156. The number of hydrogen-bond donors (Lipinski definition) is 1. The molecule has 0 fully saturated rings. The van der Waals surface area contributed by atoms with Gasteiger partial charge in [-0.15, -0.1) is 10.2 Å². The molecule has 0 aliphatic rings. The van der Waals surface area contributed by atoms with Gasteiger partial charge in [-0.25, -0.2) is 0 Å². The van der Waals surface area contributed by atoms with Gasteiger partial charge >= 0.3 is 0 Å². The predicted molar refractivity (Wildman–Crippen MR) is 60.9 cm³/mol. The molecule has 1 aromatic rings. The molecule has 14 heavy (non-hydrogen) atoms. The highest BCUT2D eigenvalue weighted by atomic mass is 79.9. The van der Waals surface area contributed by atoms with Crippen LogP contribution in [0.1, 0.15) is 25.3 Å². The van der Waals surface area contributed by atoms with Gasteiger partial charge in [-0.3, -0.25) is 10.1 Å². The molecule has 0 aliphatic carbocycles. The lowest BCUT2D eigenvalue weighted by Crippen LogP contribution is -2.21. The summed E-state index contributed by atoms with van der Waals surface area (Å²) < 4.78 is 0. The predicted octanol–water partition coefficient (Wildman–Crippen LogP) is 2.21. The molecule has 1 atom stereocenters. The average molecular weight is 278 g/mol. The summed E-state index contributed by atoms with van der Waals surface area (Å²) in [5, 5.41) is 12.0. The largest absolute Gasteiger partial charge is 0.300 e. The molecule has 0 saturated heterocycles. The van der Waals surface area contributed by atoms with Crippen molar-refractivity contribution in [3.05, 3.63) is 5.01 Å². The standard InChI is InChI=1S/C8H12BrN3OS/c1-3-5(9)7(13)10-8-12-11-6(4-2)14-8/h5H,3-4H2,1-2H3,(H,10,12,13)/t5-/m0/s1. The van der Waals surface area contributed by atoms with Crippen LogP contribution in [0.25, 0.3) is 0 Å². The second-order valence-electron chi connectivity index (χ2n) is 2.72. The molecule has 0 radical (unpaired) electrons. The number of alkyl halides is 1. The summed E-state index contributed by atoms with van der Waals surface area (Å²) in [6.45, 7) is 3.95. The molecule has 0 spiro atoms. The third-order valence-corrected chi connectivity index (χ3v) is 3.69. The molecule has 0 bridgehead atoms. The van der Waals surface area contributed by atoms with Gasteiger partial charge in [0.15, 0.2) is 0 Å². The molecule has 0 unspecified atom stereocenters. The van der Waals surface area contributed by atoms with Crippen LogP contribution < -0.4 is 5.32 Å². The lowest BCUT2D eigenvalue weighted by atomic mass is 10.3. The fourth-order valence-corrected chi connectivity index (χ4v) is 1.61. The average Bonchev–Trinajstić information content (AvgIpc) is 2.64. The molecule has 78 valence electrons. The maximum Gasteiger partial charge on any atom is 0.239 e. The van der Waals surface area contributed by atoms with Crippen molar-refractivity contribution in [3.8, 4) is 0 Å². The molecule has 0 aromatic carbocycles. The fraction of sp³-hybridized carbons (Fsp3) is 0.625. The van der Waals surface area contributed by atoms with E-state index in [1.165, 1.54) is 11.3 Å². The number of carbonyl (C=O) groups excluding carboxylic acids is 1. The van der Waals surface area contributed by atoms with Crippen LogP contribution in [-0.2, 0) is 11.2 Å². The molecule has 0 saturated carbocycles. The molecule has 1 rings (SSSR count). The minimum absolute atomic E-state index is 0.0636. The summed E-state index contributed by atoms with van der Waals surface area (Å²) in [6, 6.07) is 0. The highest BCUT2D eigenvalue weighted by molar-refractivity contribution is 9.10. The van der Waals surface area contributed by atoms with E-state index in [4.69, 9.17) is 0 Å². The van der Waals surface area contributed by atoms with Gasteiger partial charge in [-0.2, -0.15) is 0 Å². The maximum absolute atomic E-state index is 11.4. The first-order valence-corrected chi connectivity index (χ1v) is 6.17. The van der Waals surface area contributed by atoms with E-state index in [0.29, 0.717) is 5.13 Å². The molecule has 6 heteroatoms. The Morgan fingerprint density at radius 1 is 1.57 bits per heavy atom. The number of aryl methyl sites for hydroxylation is 1. The second kappa shape index (κ2) is 5.41. The maximum atomic E-state index is 11.4. The van der Waals surface area contributed by atoms with Gasteiger partial charge in [0, 0.05) is 0 Å². The number of nitrogens with one attached hydrogen (secondary N) is 1. The fourth-order valence-electron chi connectivity index (χ4n) is 0.816. The topological polar surface area (TPSA) is 54.9 Å². The summed E-state index contributed by atoms with van der Waals surface area (Å²) in [7, 11) is 0. The van der Waals surface area contributed by atoms with Crippen LogP contribution in [0.15, 0.2) is 0 Å². The summed E-state index contributed by atoms with van der Waals surface area (Å²) in [5.41, 5.74) is 0. The highest BCUT2D eigenvalue weighted by Crippen LogP contribution is 2.17. The number of hydrogen-bond acceptors (Lipinski definition) is 4. The zero-order valence-electron chi connectivity index (χ0n) is 8.08. The third-order valence-electron chi connectivity index (χ3n) is 1.64. The Bertz CT molecular complexity index is 315. The number of halogens is 1. The van der Waals surface area contributed by atoms with Crippen LogP contribution in [0.3, 0.4) is 0 Å². The number of aromatic nitrogens is 2. The van der Waals surface area contributed by atoms with Crippen molar-refractivity contribution in [1.82, 2.24) is 10.2 Å².